The first-order chi connectivity index (χ1) is 15.2. The monoisotopic (exact) mass is 408 g/mol. The van der Waals surface area contributed by atoms with Gasteiger partial charge in [-0.1, -0.05) is 90.1 Å². The number of hydrogen-bond acceptors (Lipinski definition) is 3. The summed E-state index contributed by atoms with van der Waals surface area (Å²) < 4.78 is 0. The summed E-state index contributed by atoms with van der Waals surface area (Å²) in [4.78, 5) is 0. The highest BCUT2D eigenvalue weighted by atomic mass is 16.4. The number of aryl methyl sites for hydroxylation is 2. The Morgan fingerprint density at radius 3 is 2.06 bits per heavy atom. The van der Waals surface area contributed by atoms with Gasteiger partial charge in [-0.15, -0.1) is 0 Å². The van der Waals surface area contributed by atoms with Crippen LogP contribution in [0.25, 0.3) is 22.3 Å². The van der Waals surface area contributed by atoms with E-state index < -0.39 is 0 Å². The summed E-state index contributed by atoms with van der Waals surface area (Å²) >= 11 is 0. The largest absolute Gasteiger partial charge is 0.507 e. The van der Waals surface area contributed by atoms with Crippen molar-refractivity contribution in [1.29, 1.82) is 0 Å². The fraction of sp³-hybridized carbons (Fsp3) is 0.0741. The molecule has 0 amide bonds. The van der Waals surface area contributed by atoms with Crippen molar-refractivity contribution < 1.29 is 10.3 Å². The molecule has 0 spiro atoms. The number of phenols is 1. The van der Waals surface area contributed by atoms with E-state index in [9.17, 15) is 5.11 Å². The summed E-state index contributed by atoms with van der Waals surface area (Å²) in [5.41, 5.74) is 12.7. The van der Waals surface area contributed by atoms with Crippen molar-refractivity contribution >= 4 is 5.84 Å². The van der Waals surface area contributed by atoms with Crippen molar-refractivity contribution in [2.45, 2.75) is 12.8 Å². The molecule has 0 saturated heterocycles. The fourth-order valence-corrected chi connectivity index (χ4v) is 3.75. The van der Waals surface area contributed by atoms with Crippen LogP contribution in [0.3, 0.4) is 0 Å². The molecule has 0 aliphatic rings. The summed E-state index contributed by atoms with van der Waals surface area (Å²) in [7, 11) is 0. The number of benzene rings is 4. The minimum absolute atomic E-state index is 0.0273. The Bertz CT molecular complexity index is 1200. The maximum Gasteiger partial charge on any atom is 0.173 e. The van der Waals surface area contributed by atoms with E-state index in [4.69, 9.17) is 10.9 Å². The molecule has 0 aromatic heterocycles. The molecule has 154 valence electrons. The molecule has 0 aliphatic carbocycles. The van der Waals surface area contributed by atoms with Gasteiger partial charge in [0.1, 0.15) is 5.75 Å². The Balaban J connectivity index is 1.78. The highest BCUT2D eigenvalue weighted by Crippen LogP contribution is 2.35. The molecule has 0 fully saturated rings. The van der Waals surface area contributed by atoms with Crippen molar-refractivity contribution in [3.05, 3.63) is 114 Å². The van der Waals surface area contributed by atoms with Gasteiger partial charge in [0.2, 0.25) is 0 Å². The van der Waals surface area contributed by atoms with Gasteiger partial charge in [0, 0.05) is 0 Å². The molecule has 0 unspecified atom stereocenters. The maximum absolute atomic E-state index is 10.2. The molecule has 4 aromatic rings. The normalized spacial score (nSPS) is 11.4. The second-order valence-corrected chi connectivity index (χ2v) is 7.45. The van der Waals surface area contributed by atoms with Gasteiger partial charge in [0.25, 0.3) is 0 Å². The van der Waals surface area contributed by atoms with Gasteiger partial charge in [-0.2, -0.15) is 0 Å². The highest BCUT2D eigenvalue weighted by Gasteiger charge is 2.13. The highest BCUT2D eigenvalue weighted by molar-refractivity contribution is 6.01. The second kappa shape index (κ2) is 9.18. The van der Waals surface area contributed by atoms with E-state index in [1.165, 1.54) is 11.1 Å². The summed E-state index contributed by atoms with van der Waals surface area (Å²) in [5, 5.41) is 22.3. The van der Waals surface area contributed by atoms with E-state index in [0.717, 1.165) is 35.1 Å². The molecule has 0 bridgehead atoms. The minimum Gasteiger partial charge on any atom is -0.507 e. The number of hydrogen-bond donors (Lipinski definition) is 3. The Morgan fingerprint density at radius 2 is 1.35 bits per heavy atom. The van der Waals surface area contributed by atoms with Crippen LogP contribution in [0.5, 0.6) is 5.75 Å². The van der Waals surface area contributed by atoms with Gasteiger partial charge in [-0.3, -0.25) is 0 Å². The molecular weight excluding hydrogens is 384 g/mol. The zero-order valence-electron chi connectivity index (χ0n) is 17.1. The number of nitrogens with zero attached hydrogens (tertiary/aromatic N) is 1. The zero-order chi connectivity index (χ0) is 21.6. The van der Waals surface area contributed by atoms with Crippen LogP contribution in [0.2, 0.25) is 0 Å². The van der Waals surface area contributed by atoms with Crippen molar-refractivity contribution in [2.75, 3.05) is 0 Å². The minimum atomic E-state index is -0.124. The Kier molecular flexibility index (Phi) is 5.99. The van der Waals surface area contributed by atoms with E-state index in [-0.39, 0.29) is 11.6 Å². The molecule has 4 nitrogen and oxygen atoms in total. The number of rotatable bonds is 6. The van der Waals surface area contributed by atoms with E-state index in [1.807, 2.05) is 30.3 Å². The van der Waals surface area contributed by atoms with Crippen LogP contribution in [-0.2, 0) is 12.8 Å². The van der Waals surface area contributed by atoms with Crippen LogP contribution in [0.15, 0.2) is 102 Å². The topological polar surface area (TPSA) is 78.8 Å². The molecule has 4 rings (SSSR count). The molecule has 0 radical (unpaired) electrons. The summed E-state index contributed by atoms with van der Waals surface area (Å²) in [6.07, 6.45) is 1.87. The van der Waals surface area contributed by atoms with Crippen LogP contribution in [0.1, 0.15) is 16.7 Å². The summed E-state index contributed by atoms with van der Waals surface area (Å²) in [6, 6.07) is 32.3. The predicted molar refractivity (Wildman–Crippen MR) is 125 cm³/mol. The van der Waals surface area contributed by atoms with Crippen molar-refractivity contribution in [1.82, 2.24) is 0 Å². The third kappa shape index (κ3) is 4.59. The summed E-state index contributed by atoms with van der Waals surface area (Å²) in [5.74, 6) is -0.151. The Labute approximate surface area is 181 Å². The quantitative estimate of drug-likeness (QED) is 0.168. The third-order valence-corrected chi connectivity index (χ3v) is 5.41. The first-order valence-corrected chi connectivity index (χ1v) is 10.2. The number of phenolic OH excluding ortho intramolecular Hbond substituents is 1. The van der Waals surface area contributed by atoms with Crippen molar-refractivity contribution in [3.63, 3.8) is 0 Å². The van der Waals surface area contributed by atoms with Crippen LogP contribution < -0.4 is 5.73 Å². The number of amidine groups is 1. The molecule has 4 heteroatoms. The maximum atomic E-state index is 10.2. The Hall–Kier alpha value is -4.05. The lowest BCUT2D eigenvalue weighted by molar-refractivity contribution is 0.318. The molecule has 0 atom stereocenters. The van der Waals surface area contributed by atoms with Gasteiger partial charge < -0.3 is 16.0 Å². The molecule has 0 aliphatic heterocycles. The first kappa shape index (κ1) is 20.2. The molecular formula is C27H24N2O2. The second-order valence-electron chi connectivity index (χ2n) is 7.45. The smallest absolute Gasteiger partial charge is 0.173 e. The van der Waals surface area contributed by atoms with Crippen LogP contribution in [0.4, 0.5) is 0 Å². The number of aromatic hydroxyl groups is 1. The van der Waals surface area contributed by atoms with Gasteiger partial charge in [0.05, 0.1) is 5.56 Å². The van der Waals surface area contributed by atoms with Crippen LogP contribution >= 0.6 is 0 Å². The van der Waals surface area contributed by atoms with Gasteiger partial charge in [0.15, 0.2) is 5.84 Å². The Morgan fingerprint density at radius 1 is 0.677 bits per heavy atom. The van der Waals surface area contributed by atoms with Crippen LogP contribution in [-0.4, -0.2) is 16.1 Å². The third-order valence-electron chi connectivity index (χ3n) is 5.41. The molecule has 0 heterocycles. The van der Waals surface area contributed by atoms with E-state index in [0.29, 0.717) is 5.56 Å². The van der Waals surface area contributed by atoms with Gasteiger partial charge >= 0.3 is 0 Å². The first-order valence-electron chi connectivity index (χ1n) is 10.2. The zero-order valence-corrected chi connectivity index (χ0v) is 17.1. The van der Waals surface area contributed by atoms with Crippen molar-refractivity contribution in [3.8, 4) is 28.0 Å². The van der Waals surface area contributed by atoms with E-state index >= 15 is 0 Å². The molecule has 4 aromatic carbocycles. The summed E-state index contributed by atoms with van der Waals surface area (Å²) in [6.45, 7) is 0. The molecule has 4 N–H and O–H groups in total. The number of oxime groups is 1. The van der Waals surface area contributed by atoms with Gasteiger partial charge in [-0.05, 0) is 58.4 Å². The van der Waals surface area contributed by atoms with Crippen molar-refractivity contribution in [2.24, 2.45) is 10.9 Å². The predicted octanol–water partition coefficient (Wildman–Crippen LogP) is 5.61. The standard InChI is InChI=1S/C27H24N2O2/c28-27(29-31)25-18-22(14-16-26(25)30)24-17-20(12-11-19-7-3-1-4-8-19)13-15-23(24)21-9-5-2-6-10-21/h1-10,13-18,30-31H,11-12H2,(H2,28,29). The average molecular weight is 409 g/mol. The fourth-order valence-electron chi connectivity index (χ4n) is 3.75. The van der Waals surface area contributed by atoms with Gasteiger partial charge in [-0.25, -0.2) is 0 Å². The van der Waals surface area contributed by atoms with E-state index in [2.05, 4.69) is 59.8 Å². The lowest BCUT2D eigenvalue weighted by atomic mass is 9.90. The van der Waals surface area contributed by atoms with Crippen LogP contribution in [0, 0.1) is 0 Å². The lowest BCUT2D eigenvalue weighted by Gasteiger charge is -2.14. The lowest BCUT2D eigenvalue weighted by Crippen LogP contribution is -2.13. The van der Waals surface area contributed by atoms with E-state index in [1.54, 1.807) is 12.1 Å². The average Bonchev–Trinajstić information content (AvgIpc) is 2.83. The number of nitrogens with two attached hydrogens (primary N) is 1. The SMILES string of the molecule is N/C(=N\O)c1cc(-c2cc(CCc3ccccc3)ccc2-c2ccccc2)ccc1O. The molecule has 31 heavy (non-hydrogen) atoms. The molecule has 0 saturated carbocycles.